The molecule has 1 heterocycles. The molecule has 0 radical (unpaired) electrons. The molecule has 0 spiro atoms. The maximum Gasteiger partial charge on any atom is 0.282 e. The van der Waals surface area contributed by atoms with Crippen LogP contribution in [-0.2, 0) is 4.74 Å². The first kappa shape index (κ1) is 11.6. The van der Waals surface area contributed by atoms with Crippen molar-refractivity contribution in [3.8, 4) is 11.5 Å². The average molecular weight is 254 g/mol. The van der Waals surface area contributed by atoms with E-state index < -0.39 is 0 Å². The van der Waals surface area contributed by atoms with Crippen LogP contribution in [0, 0.1) is 0 Å². The first-order chi connectivity index (χ1) is 9.31. The third kappa shape index (κ3) is 2.68. The van der Waals surface area contributed by atoms with Crippen LogP contribution in [0.3, 0.4) is 0 Å². The summed E-state index contributed by atoms with van der Waals surface area (Å²) in [7, 11) is 0. The molecule has 0 aromatic heterocycles. The van der Waals surface area contributed by atoms with Crippen molar-refractivity contribution in [2.75, 3.05) is 6.61 Å². The smallest absolute Gasteiger partial charge is 0.282 e. The van der Waals surface area contributed by atoms with Crippen molar-refractivity contribution >= 4 is 6.02 Å². The van der Waals surface area contributed by atoms with Crippen LogP contribution in [0.2, 0.25) is 0 Å². The predicted octanol–water partition coefficient (Wildman–Crippen LogP) is 2.86. The van der Waals surface area contributed by atoms with Crippen LogP contribution in [-0.4, -0.2) is 12.6 Å². The van der Waals surface area contributed by atoms with Gasteiger partial charge in [-0.3, -0.25) is 0 Å². The van der Waals surface area contributed by atoms with Crippen LogP contribution >= 0.6 is 0 Å². The van der Waals surface area contributed by atoms with Gasteiger partial charge in [0, 0.05) is 0 Å². The van der Waals surface area contributed by atoms with Gasteiger partial charge in [0.25, 0.3) is 6.02 Å². The van der Waals surface area contributed by atoms with Gasteiger partial charge in [0.15, 0.2) is 0 Å². The van der Waals surface area contributed by atoms with Crippen molar-refractivity contribution in [1.82, 2.24) is 0 Å². The largest absolute Gasteiger partial charge is 0.463 e. The molecular weight excluding hydrogens is 240 g/mol. The van der Waals surface area contributed by atoms with E-state index in [1.165, 1.54) is 0 Å². The summed E-state index contributed by atoms with van der Waals surface area (Å²) in [6, 6.07) is 17.7. The first-order valence-electron chi connectivity index (χ1n) is 6.10. The van der Waals surface area contributed by atoms with Gasteiger partial charge in [-0.15, -0.1) is 0 Å². The highest BCUT2D eigenvalue weighted by molar-refractivity contribution is 5.73. The molecule has 19 heavy (non-hydrogen) atoms. The molecule has 4 heteroatoms. The van der Waals surface area contributed by atoms with E-state index >= 15 is 0 Å². The molecule has 96 valence electrons. The number of para-hydroxylation sites is 1. The molecule has 0 amide bonds. The Bertz CT molecular complexity index is 596. The van der Waals surface area contributed by atoms with Crippen molar-refractivity contribution in [2.24, 2.45) is 10.7 Å². The Morgan fingerprint density at radius 3 is 2.58 bits per heavy atom. The van der Waals surface area contributed by atoms with E-state index in [4.69, 9.17) is 15.2 Å². The van der Waals surface area contributed by atoms with Crippen molar-refractivity contribution < 1.29 is 9.47 Å². The zero-order valence-corrected chi connectivity index (χ0v) is 10.3. The van der Waals surface area contributed by atoms with Gasteiger partial charge in [-0.05, 0) is 29.8 Å². The molecule has 3 rings (SSSR count). The molecule has 2 aromatic carbocycles. The van der Waals surface area contributed by atoms with E-state index in [1.54, 1.807) is 0 Å². The monoisotopic (exact) mass is 254 g/mol. The number of nitrogens with two attached hydrogens (primary N) is 1. The van der Waals surface area contributed by atoms with E-state index in [0.717, 1.165) is 17.1 Å². The Morgan fingerprint density at radius 1 is 1.05 bits per heavy atom. The van der Waals surface area contributed by atoms with Crippen LogP contribution in [0.5, 0.6) is 11.5 Å². The quantitative estimate of drug-likeness (QED) is 0.916. The van der Waals surface area contributed by atoms with Crippen LogP contribution in [0.25, 0.3) is 0 Å². The molecule has 1 aliphatic rings. The number of hydrogen-bond donors (Lipinski definition) is 1. The number of nitrogens with zero attached hydrogens (tertiary/aromatic N) is 1. The van der Waals surface area contributed by atoms with Crippen LogP contribution in [0.4, 0.5) is 0 Å². The highest BCUT2D eigenvalue weighted by Crippen LogP contribution is 2.27. The van der Waals surface area contributed by atoms with Crippen molar-refractivity contribution in [1.29, 1.82) is 0 Å². The second kappa shape index (κ2) is 5.02. The molecule has 1 aliphatic heterocycles. The lowest BCUT2D eigenvalue weighted by Crippen LogP contribution is -2.10. The normalized spacial score (nSPS) is 17.7. The molecule has 0 saturated carbocycles. The Morgan fingerprint density at radius 2 is 1.84 bits per heavy atom. The summed E-state index contributed by atoms with van der Waals surface area (Å²) in [5.74, 6) is 1.59. The Hall–Kier alpha value is -2.49. The van der Waals surface area contributed by atoms with E-state index in [0.29, 0.717) is 6.61 Å². The number of benzene rings is 2. The van der Waals surface area contributed by atoms with Gasteiger partial charge in [-0.1, -0.05) is 30.3 Å². The summed E-state index contributed by atoms with van der Waals surface area (Å²) >= 11 is 0. The average Bonchev–Trinajstić information content (AvgIpc) is 2.87. The molecule has 1 atom stereocenters. The molecule has 0 fully saturated rings. The van der Waals surface area contributed by atoms with Gasteiger partial charge in [-0.25, -0.2) is 4.99 Å². The third-order valence-corrected chi connectivity index (χ3v) is 2.89. The number of rotatable bonds is 3. The van der Waals surface area contributed by atoms with E-state index in [1.807, 2.05) is 54.6 Å². The van der Waals surface area contributed by atoms with Crippen molar-refractivity contribution in [2.45, 2.75) is 6.04 Å². The summed E-state index contributed by atoms with van der Waals surface area (Å²) in [4.78, 5) is 4.22. The summed E-state index contributed by atoms with van der Waals surface area (Å²) in [6.45, 7) is 0.487. The highest BCUT2D eigenvalue weighted by Gasteiger charge is 2.18. The van der Waals surface area contributed by atoms with Gasteiger partial charge in [0.2, 0.25) is 0 Å². The molecular formula is C15H14N2O2. The SMILES string of the molecule is NC1=NC(c2cccc(Oc3ccccc3)c2)CO1. The second-order valence-electron chi connectivity index (χ2n) is 4.28. The zero-order valence-electron chi connectivity index (χ0n) is 10.3. The molecule has 2 aromatic rings. The van der Waals surface area contributed by atoms with E-state index in [2.05, 4.69) is 4.99 Å². The van der Waals surface area contributed by atoms with Crippen LogP contribution in [0.1, 0.15) is 11.6 Å². The summed E-state index contributed by atoms with van der Waals surface area (Å²) < 4.78 is 10.9. The topological polar surface area (TPSA) is 56.8 Å². The number of hydrogen-bond acceptors (Lipinski definition) is 4. The Kier molecular flexibility index (Phi) is 3.06. The van der Waals surface area contributed by atoms with Gasteiger partial charge >= 0.3 is 0 Å². The van der Waals surface area contributed by atoms with E-state index in [-0.39, 0.29) is 12.1 Å². The van der Waals surface area contributed by atoms with Crippen molar-refractivity contribution in [3.05, 3.63) is 60.2 Å². The van der Waals surface area contributed by atoms with Gasteiger partial charge in [0.05, 0.1) is 0 Å². The van der Waals surface area contributed by atoms with Crippen LogP contribution in [0.15, 0.2) is 59.6 Å². The summed E-state index contributed by atoms with van der Waals surface area (Å²) in [6.07, 6.45) is 0. The molecule has 4 nitrogen and oxygen atoms in total. The molecule has 0 aliphatic carbocycles. The van der Waals surface area contributed by atoms with E-state index in [9.17, 15) is 0 Å². The lowest BCUT2D eigenvalue weighted by molar-refractivity contribution is 0.315. The summed E-state index contributed by atoms with van der Waals surface area (Å²) in [5.41, 5.74) is 6.56. The summed E-state index contributed by atoms with van der Waals surface area (Å²) in [5, 5.41) is 0. The minimum Gasteiger partial charge on any atom is -0.463 e. The fourth-order valence-corrected chi connectivity index (χ4v) is 1.97. The Labute approximate surface area is 111 Å². The predicted molar refractivity (Wildman–Crippen MR) is 73.3 cm³/mol. The lowest BCUT2D eigenvalue weighted by atomic mass is 10.1. The van der Waals surface area contributed by atoms with Crippen molar-refractivity contribution in [3.63, 3.8) is 0 Å². The minimum absolute atomic E-state index is 0.0423. The number of amidine groups is 1. The molecule has 0 bridgehead atoms. The number of aliphatic imine (C=N–C) groups is 1. The maximum atomic E-state index is 5.78. The molecule has 1 unspecified atom stereocenters. The van der Waals surface area contributed by atoms with Gasteiger partial charge in [0.1, 0.15) is 24.1 Å². The zero-order chi connectivity index (χ0) is 13.1. The number of ether oxygens (including phenoxy) is 2. The standard InChI is InChI=1S/C15H14N2O2/c16-15-17-14(10-18-15)11-5-4-8-13(9-11)19-12-6-2-1-3-7-12/h1-9,14H,10H2,(H2,16,17). The third-order valence-electron chi connectivity index (χ3n) is 2.89. The first-order valence-corrected chi connectivity index (χ1v) is 6.10. The fraction of sp³-hybridized carbons (Fsp3) is 0.133. The maximum absolute atomic E-state index is 5.78. The minimum atomic E-state index is -0.0423. The second-order valence-corrected chi connectivity index (χ2v) is 4.28. The van der Waals surface area contributed by atoms with Crippen LogP contribution < -0.4 is 10.5 Å². The molecule has 0 saturated heterocycles. The highest BCUT2D eigenvalue weighted by atomic mass is 16.5. The van der Waals surface area contributed by atoms with Gasteiger partial charge < -0.3 is 15.2 Å². The molecule has 2 N–H and O–H groups in total. The Balaban J connectivity index is 1.80. The fourth-order valence-electron chi connectivity index (χ4n) is 1.97. The van der Waals surface area contributed by atoms with Gasteiger partial charge in [-0.2, -0.15) is 0 Å². The lowest BCUT2D eigenvalue weighted by Gasteiger charge is -2.09.